The van der Waals surface area contributed by atoms with Crippen molar-refractivity contribution >= 4 is 68.7 Å². The first-order valence-corrected chi connectivity index (χ1v) is 20.5. The standard InChI is InChI=1S/2C22H25ClN4O/c2*1-14(22(28)26-18-9-7-17(23)8-10-18)15-3-5-16(6-4-15)19-11-12-24-21-20(19)25-13-27(21)2/h2*7-16H,3-6H2,1-2H3,(H,26,28). The Kier molecular flexibility index (Phi) is 12.4. The second-order valence-electron chi connectivity index (χ2n) is 15.6. The monoisotopic (exact) mass is 792 g/mol. The van der Waals surface area contributed by atoms with Crippen molar-refractivity contribution in [2.24, 2.45) is 37.8 Å². The van der Waals surface area contributed by atoms with Crippen LogP contribution in [0.5, 0.6) is 0 Å². The summed E-state index contributed by atoms with van der Waals surface area (Å²) in [6.07, 6.45) is 16.0. The molecule has 2 aliphatic carbocycles. The average molecular weight is 794 g/mol. The third kappa shape index (κ3) is 8.92. The van der Waals surface area contributed by atoms with Gasteiger partial charge < -0.3 is 19.8 Å². The van der Waals surface area contributed by atoms with Gasteiger partial charge in [-0.2, -0.15) is 0 Å². The molecular weight excluding hydrogens is 743 g/mol. The number of anilines is 2. The number of hydrogen-bond acceptors (Lipinski definition) is 6. The van der Waals surface area contributed by atoms with Gasteiger partial charge in [0.1, 0.15) is 11.0 Å². The fourth-order valence-corrected chi connectivity index (χ4v) is 8.87. The van der Waals surface area contributed by atoms with E-state index in [1.807, 2.05) is 86.4 Å². The zero-order chi connectivity index (χ0) is 39.3. The lowest BCUT2D eigenvalue weighted by Crippen LogP contribution is -2.29. The highest BCUT2D eigenvalue weighted by Gasteiger charge is 2.32. The number of hydrogen-bond donors (Lipinski definition) is 2. The summed E-state index contributed by atoms with van der Waals surface area (Å²) in [4.78, 5) is 43.3. The molecule has 2 atom stereocenters. The van der Waals surface area contributed by atoms with Crippen LogP contribution < -0.4 is 10.6 Å². The fourth-order valence-electron chi connectivity index (χ4n) is 8.62. The summed E-state index contributed by atoms with van der Waals surface area (Å²) in [5, 5.41) is 7.37. The van der Waals surface area contributed by atoms with E-state index >= 15 is 0 Å². The summed E-state index contributed by atoms with van der Waals surface area (Å²) in [6.45, 7) is 4.08. The fraction of sp³-hybridized carbons (Fsp3) is 0.409. The molecule has 0 bridgehead atoms. The van der Waals surface area contributed by atoms with Crippen LogP contribution in [-0.4, -0.2) is 40.9 Å². The number of carbonyl (C=O) groups excluding carboxylic acids is 2. The van der Waals surface area contributed by atoms with Gasteiger partial charge in [0.2, 0.25) is 11.8 Å². The van der Waals surface area contributed by atoms with E-state index in [-0.39, 0.29) is 23.7 Å². The SMILES string of the molecule is CC(C(=O)Nc1ccc(Cl)cc1)C1CCC(c2ccnc3c2ncn3C)CC1.CC(C(=O)Nc1ccc(Cl)cc1)C1CCC(c2ccnc3c2ncn3C)CC1. The summed E-state index contributed by atoms with van der Waals surface area (Å²) in [5.41, 5.74) is 8.09. The molecule has 0 radical (unpaired) electrons. The van der Waals surface area contributed by atoms with Crippen LogP contribution in [0.4, 0.5) is 11.4 Å². The van der Waals surface area contributed by atoms with Gasteiger partial charge in [0.25, 0.3) is 0 Å². The van der Waals surface area contributed by atoms with Gasteiger partial charge in [-0.1, -0.05) is 37.0 Å². The molecule has 2 amide bonds. The quantitative estimate of drug-likeness (QED) is 0.158. The Morgan fingerprint density at radius 2 is 0.929 bits per heavy atom. The molecule has 2 saturated carbocycles. The number of carbonyl (C=O) groups is 2. The van der Waals surface area contributed by atoms with E-state index in [1.165, 1.54) is 11.1 Å². The first-order valence-electron chi connectivity index (χ1n) is 19.7. The van der Waals surface area contributed by atoms with Crippen LogP contribution in [0.1, 0.15) is 88.2 Å². The first kappa shape index (κ1) is 39.4. The van der Waals surface area contributed by atoms with Crippen LogP contribution in [0.25, 0.3) is 22.3 Å². The minimum Gasteiger partial charge on any atom is -0.326 e. The molecule has 0 saturated heterocycles. The summed E-state index contributed by atoms with van der Waals surface area (Å²) in [5.74, 6) is 1.94. The number of rotatable bonds is 8. The maximum atomic E-state index is 12.7. The van der Waals surface area contributed by atoms with Gasteiger partial charge in [-0.15, -0.1) is 0 Å². The maximum absolute atomic E-state index is 12.7. The van der Waals surface area contributed by atoms with Crippen molar-refractivity contribution < 1.29 is 9.59 Å². The molecule has 2 fully saturated rings. The number of nitrogens with zero attached hydrogens (tertiary/aromatic N) is 6. The van der Waals surface area contributed by atoms with E-state index in [0.29, 0.717) is 33.7 Å². The Hall–Kier alpha value is -4.80. The lowest BCUT2D eigenvalue weighted by molar-refractivity contribution is -0.122. The molecular formula is C44H50Cl2N8O2. The number of fused-ring (bicyclic) bond motifs is 2. The van der Waals surface area contributed by atoms with Crippen LogP contribution in [0, 0.1) is 23.7 Å². The zero-order valence-electron chi connectivity index (χ0n) is 32.5. The van der Waals surface area contributed by atoms with E-state index in [9.17, 15) is 9.59 Å². The molecule has 56 heavy (non-hydrogen) atoms. The smallest absolute Gasteiger partial charge is 0.227 e. The lowest BCUT2D eigenvalue weighted by atomic mass is 9.74. The Labute approximate surface area is 338 Å². The number of halogens is 2. The molecule has 8 rings (SSSR count). The van der Waals surface area contributed by atoms with Crippen molar-refractivity contribution in [1.29, 1.82) is 0 Å². The predicted molar refractivity (Wildman–Crippen MR) is 225 cm³/mol. The van der Waals surface area contributed by atoms with E-state index in [2.05, 4.69) is 42.7 Å². The molecule has 0 aliphatic heterocycles. The van der Waals surface area contributed by atoms with Crippen molar-refractivity contribution in [1.82, 2.24) is 29.1 Å². The number of imidazole rings is 2. The van der Waals surface area contributed by atoms with Gasteiger partial charge in [0.05, 0.1) is 12.7 Å². The topological polar surface area (TPSA) is 120 Å². The van der Waals surface area contributed by atoms with Crippen LogP contribution >= 0.6 is 23.2 Å². The van der Waals surface area contributed by atoms with E-state index < -0.39 is 0 Å². The van der Waals surface area contributed by atoms with Crippen LogP contribution in [0.2, 0.25) is 10.0 Å². The summed E-state index contributed by atoms with van der Waals surface area (Å²) < 4.78 is 3.93. The van der Waals surface area contributed by atoms with E-state index in [0.717, 1.165) is 85.1 Å². The Bertz CT molecular complexity index is 2110. The number of aryl methyl sites for hydroxylation is 2. The van der Waals surface area contributed by atoms with Crippen molar-refractivity contribution in [3.8, 4) is 0 Å². The number of benzene rings is 2. The van der Waals surface area contributed by atoms with Crippen LogP contribution in [-0.2, 0) is 23.7 Å². The molecule has 6 aromatic rings. The van der Waals surface area contributed by atoms with E-state index in [4.69, 9.17) is 23.2 Å². The summed E-state index contributed by atoms with van der Waals surface area (Å²) in [7, 11) is 3.95. The zero-order valence-corrected chi connectivity index (χ0v) is 34.0. The van der Waals surface area contributed by atoms with Gasteiger partial charge in [-0.3, -0.25) is 9.59 Å². The number of amides is 2. The lowest BCUT2D eigenvalue weighted by Gasteiger charge is -2.32. The second kappa shape index (κ2) is 17.6. The Balaban J connectivity index is 0.000000172. The molecule has 0 spiro atoms. The molecule has 12 heteroatoms. The minimum absolute atomic E-state index is 0.0102. The van der Waals surface area contributed by atoms with Crippen molar-refractivity contribution in [3.63, 3.8) is 0 Å². The summed E-state index contributed by atoms with van der Waals surface area (Å²) in [6, 6.07) is 18.7. The highest BCUT2D eigenvalue weighted by molar-refractivity contribution is 6.31. The molecule has 2 N–H and O–H groups in total. The van der Waals surface area contributed by atoms with Crippen molar-refractivity contribution in [3.05, 3.63) is 107 Å². The molecule has 4 heterocycles. The largest absolute Gasteiger partial charge is 0.326 e. The van der Waals surface area contributed by atoms with Crippen molar-refractivity contribution in [2.75, 3.05) is 10.6 Å². The second-order valence-corrected chi connectivity index (χ2v) is 16.5. The molecule has 292 valence electrons. The van der Waals surface area contributed by atoms with Gasteiger partial charge in [-0.05, 0) is 147 Å². The summed E-state index contributed by atoms with van der Waals surface area (Å²) >= 11 is 11.8. The highest BCUT2D eigenvalue weighted by Crippen LogP contribution is 2.42. The van der Waals surface area contributed by atoms with Gasteiger partial charge >= 0.3 is 0 Å². The normalized spacial score (nSPS) is 20.8. The maximum Gasteiger partial charge on any atom is 0.227 e. The van der Waals surface area contributed by atoms with E-state index in [1.54, 1.807) is 24.3 Å². The Morgan fingerprint density at radius 3 is 1.29 bits per heavy atom. The molecule has 2 unspecified atom stereocenters. The minimum atomic E-state index is -0.0102. The van der Waals surface area contributed by atoms with Gasteiger partial charge in [0, 0.05) is 59.7 Å². The first-order chi connectivity index (χ1) is 27.0. The molecule has 4 aromatic heterocycles. The van der Waals surface area contributed by atoms with Crippen LogP contribution in [0.15, 0.2) is 85.7 Å². The predicted octanol–water partition coefficient (Wildman–Crippen LogP) is 10.3. The number of pyridine rings is 2. The van der Waals surface area contributed by atoms with Gasteiger partial charge in [0.15, 0.2) is 11.3 Å². The highest BCUT2D eigenvalue weighted by atomic mass is 35.5. The molecule has 10 nitrogen and oxygen atoms in total. The van der Waals surface area contributed by atoms with Crippen molar-refractivity contribution in [2.45, 2.75) is 77.0 Å². The molecule has 2 aromatic carbocycles. The van der Waals surface area contributed by atoms with Gasteiger partial charge in [-0.25, -0.2) is 19.9 Å². The average Bonchev–Trinajstić information content (AvgIpc) is 3.81. The van der Waals surface area contributed by atoms with Crippen LogP contribution in [0.3, 0.4) is 0 Å². The third-order valence-electron chi connectivity index (χ3n) is 12.1. The third-order valence-corrected chi connectivity index (χ3v) is 12.7. The number of aromatic nitrogens is 6. The molecule has 2 aliphatic rings. The number of nitrogens with one attached hydrogen (secondary N) is 2. The Morgan fingerprint density at radius 1 is 0.571 bits per heavy atom.